The average molecular weight is 768 g/mol. The number of hydrogen-bond acceptors (Lipinski definition) is 6. The third-order valence-corrected chi connectivity index (χ3v) is 9.51. The summed E-state index contributed by atoms with van der Waals surface area (Å²) in [7, 11) is 2.91. The Balaban J connectivity index is -0.000000853. The molecule has 2 aliphatic heterocycles. The fraction of sp³-hybridized carbons (Fsp3) is 0.857. The predicted octanol–water partition coefficient (Wildman–Crippen LogP) is 12.2. The molecule has 2 fully saturated rings. The molecule has 0 amide bonds. The molecule has 0 N–H and O–H groups in total. The number of ether oxygens (including phenoxy) is 4. The van der Waals surface area contributed by atoms with Crippen molar-refractivity contribution in [3.8, 4) is 11.8 Å². The van der Waals surface area contributed by atoms with Gasteiger partial charge in [-0.3, -0.25) is 9.59 Å². The summed E-state index contributed by atoms with van der Waals surface area (Å²) in [5.74, 6) is 6.45. The van der Waals surface area contributed by atoms with Crippen LogP contribution in [0.5, 0.6) is 0 Å². The molecule has 0 aromatic carbocycles. The molecule has 0 aliphatic carbocycles. The van der Waals surface area contributed by atoms with E-state index in [9.17, 15) is 9.59 Å². The van der Waals surface area contributed by atoms with Crippen molar-refractivity contribution >= 4 is 21.8 Å². The maximum absolute atomic E-state index is 11.0. The fourth-order valence-corrected chi connectivity index (χ4v) is 6.15. The molecule has 50 heavy (non-hydrogen) atoms. The van der Waals surface area contributed by atoms with Crippen molar-refractivity contribution in [1.29, 1.82) is 0 Å². The van der Waals surface area contributed by atoms with Gasteiger partial charge in [-0.25, -0.2) is 0 Å². The van der Waals surface area contributed by atoms with Crippen LogP contribution in [0.2, 0.25) is 0 Å². The van der Waals surface area contributed by atoms with E-state index < -0.39 is 0 Å². The number of rotatable bonds is 30. The van der Waals surface area contributed by atoms with E-state index >= 15 is 0 Å². The molecule has 2 saturated heterocycles. The van der Waals surface area contributed by atoms with Gasteiger partial charge >= 0.3 is 11.9 Å². The molecule has 0 unspecified atom stereocenters. The first-order chi connectivity index (χ1) is 23.5. The van der Waals surface area contributed by atoms with Gasteiger partial charge in [-0.1, -0.05) is 96.6 Å². The molecule has 298 valence electrons. The smallest absolute Gasteiger partial charge is 0.305 e. The summed E-state index contributed by atoms with van der Waals surface area (Å²) in [6.07, 6.45) is 39.6. The van der Waals surface area contributed by atoms with Gasteiger partial charge in [0.15, 0.2) is 0 Å². The maximum Gasteiger partial charge on any atom is 0.305 e. The van der Waals surface area contributed by atoms with Gasteiger partial charge in [-0.05, 0) is 83.5 Å². The Labute approximate surface area is 323 Å². The van der Waals surface area contributed by atoms with Gasteiger partial charge in [-0.2, -0.15) is 0 Å². The quantitative estimate of drug-likeness (QED) is 0.0138. The first-order valence-corrected chi connectivity index (χ1v) is 20.1. The van der Waals surface area contributed by atoms with E-state index in [4.69, 9.17) is 9.47 Å². The molecule has 0 spiro atoms. The minimum atomic E-state index is -0.0837. The average Bonchev–Trinajstić information content (AvgIpc) is 4.04. The van der Waals surface area contributed by atoms with E-state index in [1.807, 2.05) is 0 Å². The maximum atomic E-state index is 11.0. The molecule has 4 atom stereocenters. The molecule has 2 rings (SSSR count). The minimum Gasteiger partial charge on any atom is -1.51 e. The molecule has 0 saturated carbocycles. The van der Waals surface area contributed by atoms with E-state index in [-0.39, 0.29) is 39.8 Å². The minimum absolute atomic E-state index is 0. The van der Waals surface area contributed by atoms with Gasteiger partial charge in [0, 0.05) is 43.6 Å². The second-order valence-corrected chi connectivity index (χ2v) is 13.7. The summed E-state index contributed by atoms with van der Waals surface area (Å²) in [6, 6.07) is 0. The van der Waals surface area contributed by atoms with Crippen molar-refractivity contribution in [3.63, 3.8) is 0 Å². The Morgan fingerprint density at radius 3 is 1.28 bits per heavy atom. The molecular formula is C42H77NiO6P-2. The van der Waals surface area contributed by atoms with E-state index in [0.717, 1.165) is 44.9 Å². The van der Waals surface area contributed by atoms with Crippen LogP contribution < -0.4 is 0 Å². The van der Waals surface area contributed by atoms with Crippen LogP contribution in [0, 0.1) is 11.8 Å². The van der Waals surface area contributed by atoms with Crippen LogP contribution in [0.3, 0.4) is 0 Å². The number of unbranched alkanes of at least 4 members (excludes halogenated alkanes) is 18. The molecule has 0 radical (unpaired) electrons. The molecule has 2 heterocycles. The third-order valence-electron chi connectivity index (χ3n) is 9.51. The Morgan fingerprint density at radius 2 is 0.880 bits per heavy atom. The van der Waals surface area contributed by atoms with Crippen molar-refractivity contribution in [3.05, 3.63) is 12.2 Å². The summed E-state index contributed by atoms with van der Waals surface area (Å²) in [5.41, 5.74) is 0. The van der Waals surface area contributed by atoms with Gasteiger partial charge in [-0.15, -0.1) is 11.8 Å². The number of esters is 2. The van der Waals surface area contributed by atoms with Gasteiger partial charge in [0.1, 0.15) is 0 Å². The van der Waals surface area contributed by atoms with E-state index in [0.29, 0.717) is 37.3 Å². The number of hydrogen-bond donors (Lipinski definition) is 0. The Hall–Kier alpha value is -0.916. The molecule has 0 aromatic heterocycles. The van der Waals surface area contributed by atoms with Crippen LogP contribution in [0.15, 0.2) is 12.2 Å². The zero-order chi connectivity index (χ0) is 34.9. The van der Waals surface area contributed by atoms with Crippen LogP contribution >= 0.6 is 9.90 Å². The van der Waals surface area contributed by atoms with Crippen LogP contribution in [0.4, 0.5) is 0 Å². The number of epoxide rings is 2. The summed E-state index contributed by atoms with van der Waals surface area (Å²) in [6.45, 7) is 4.40. The van der Waals surface area contributed by atoms with Gasteiger partial charge in [0.25, 0.3) is 0 Å². The number of carbonyl (C=O) groups is 2. The second kappa shape index (κ2) is 37.8. The van der Waals surface area contributed by atoms with Gasteiger partial charge in [0.05, 0.1) is 38.6 Å². The van der Waals surface area contributed by atoms with Crippen LogP contribution in [-0.2, 0) is 45.0 Å². The summed E-state index contributed by atoms with van der Waals surface area (Å²) < 4.78 is 20.4. The Kier molecular flexibility index (Phi) is 38.7. The zero-order valence-electron chi connectivity index (χ0n) is 32.5. The van der Waals surface area contributed by atoms with Crippen molar-refractivity contribution < 1.29 is 46.5 Å². The molecule has 6 nitrogen and oxygen atoms in total. The van der Waals surface area contributed by atoms with Crippen LogP contribution in [-0.4, -0.2) is 50.6 Å². The molecular weight excluding hydrogens is 690 g/mol. The van der Waals surface area contributed by atoms with Crippen LogP contribution in [0.1, 0.15) is 195 Å². The third kappa shape index (κ3) is 33.0. The van der Waals surface area contributed by atoms with Crippen molar-refractivity contribution in [2.24, 2.45) is 0 Å². The summed E-state index contributed by atoms with van der Waals surface area (Å²) >= 11 is 0. The van der Waals surface area contributed by atoms with Gasteiger partial charge < -0.3 is 28.8 Å². The Bertz CT molecular complexity index is 879. The fourth-order valence-electron chi connectivity index (χ4n) is 6.15. The molecule has 2 aliphatic rings. The van der Waals surface area contributed by atoms with Crippen LogP contribution in [0.25, 0.3) is 0 Å². The summed E-state index contributed by atoms with van der Waals surface area (Å²) in [4.78, 5) is 21.9. The first-order valence-electron chi connectivity index (χ1n) is 20.1. The standard InChI is InChI=1S/C21H38O3.C21H36O3.Ni.HP.H2/c2*1-3-19-20(24-19)17-15-13-11-9-7-5-4-6-8-10-12-14-16-18-21(22)23-2;;;/h7,9,19-20H,3-6,8,10-18H2,1-2H3;19-20H,3-6,8,10-18H2,1-2H3;;2*1H/q;;;-2;/b9-7-;;;;/t2*19-,20+;;;/m11.../s1. The SMILES string of the molecule is CC[C@H]1O[C@H]1CCCC/C=C\CCCCCCCCCC(=O)OC.CC[C@H]1O[C@H]1CCCCC#CCCCCCCCCCC(=O)OC.[HH].[Ni].[PH-2]. The monoisotopic (exact) mass is 766 g/mol. The summed E-state index contributed by atoms with van der Waals surface area (Å²) in [5, 5.41) is 0. The number of methoxy groups -OCH3 is 2. The van der Waals surface area contributed by atoms with E-state index in [2.05, 4.69) is 47.3 Å². The largest absolute Gasteiger partial charge is 1.51 e. The Morgan fingerprint density at radius 1 is 0.540 bits per heavy atom. The van der Waals surface area contributed by atoms with E-state index in [1.165, 1.54) is 136 Å². The number of allylic oxidation sites excluding steroid dienone is 2. The van der Waals surface area contributed by atoms with Gasteiger partial charge in [0.2, 0.25) is 0 Å². The van der Waals surface area contributed by atoms with Crippen molar-refractivity contribution in [1.82, 2.24) is 0 Å². The molecule has 0 bridgehead atoms. The van der Waals surface area contributed by atoms with Crippen molar-refractivity contribution in [2.75, 3.05) is 14.2 Å². The van der Waals surface area contributed by atoms with E-state index in [1.54, 1.807) is 0 Å². The predicted molar refractivity (Wildman–Crippen MR) is 209 cm³/mol. The number of carbonyl (C=O) groups excluding carboxylic acids is 2. The zero-order valence-corrected chi connectivity index (χ0v) is 34.5. The molecule has 8 heteroatoms. The second-order valence-electron chi connectivity index (χ2n) is 13.7. The normalized spacial score (nSPS) is 18.5. The van der Waals surface area contributed by atoms with Crippen molar-refractivity contribution in [2.45, 2.75) is 218 Å². The molecule has 0 aromatic rings. The topological polar surface area (TPSA) is 77.7 Å². The first kappa shape index (κ1) is 51.2.